The van der Waals surface area contributed by atoms with Crippen LogP contribution in [-0.4, -0.2) is 16.0 Å². The molecule has 0 bridgehead atoms. The number of carbonyl (C=O) groups is 1. The van der Waals surface area contributed by atoms with Crippen LogP contribution in [0, 0.1) is 10.1 Å². The first kappa shape index (κ1) is 14.7. The standard InChI is InChI=1S/C14H14N2O5/c1-9(10-3-2-4-11(7-10)16(19)20)15-8-12-5-6-13(21-12)14(17)18/h2-7,9,15H,8H2,1H3,(H,17,18). The molecule has 1 heterocycles. The van der Waals surface area contributed by atoms with Gasteiger partial charge in [-0.2, -0.15) is 0 Å². The molecule has 0 radical (unpaired) electrons. The molecule has 1 aromatic heterocycles. The van der Waals surface area contributed by atoms with Crippen molar-refractivity contribution in [3.05, 3.63) is 63.6 Å². The second-order valence-corrected chi connectivity index (χ2v) is 4.53. The zero-order valence-electron chi connectivity index (χ0n) is 11.3. The number of nitro groups is 1. The Labute approximate surface area is 120 Å². The van der Waals surface area contributed by atoms with E-state index >= 15 is 0 Å². The van der Waals surface area contributed by atoms with Gasteiger partial charge in [-0.05, 0) is 24.6 Å². The molecule has 0 aliphatic carbocycles. The van der Waals surface area contributed by atoms with Gasteiger partial charge in [0, 0.05) is 18.2 Å². The van der Waals surface area contributed by atoms with Crippen LogP contribution in [0.4, 0.5) is 5.69 Å². The number of benzene rings is 1. The van der Waals surface area contributed by atoms with Crippen LogP contribution >= 0.6 is 0 Å². The van der Waals surface area contributed by atoms with E-state index < -0.39 is 10.9 Å². The highest BCUT2D eigenvalue weighted by Crippen LogP contribution is 2.19. The van der Waals surface area contributed by atoms with Gasteiger partial charge in [-0.1, -0.05) is 12.1 Å². The Morgan fingerprint density at radius 1 is 1.43 bits per heavy atom. The van der Waals surface area contributed by atoms with Gasteiger partial charge in [0.05, 0.1) is 11.5 Å². The number of carboxylic acids is 1. The molecule has 0 spiro atoms. The molecule has 1 atom stereocenters. The Balaban J connectivity index is 2.00. The lowest BCUT2D eigenvalue weighted by Crippen LogP contribution is -2.17. The SMILES string of the molecule is CC(NCc1ccc(C(=O)O)o1)c1cccc([N+](=O)[O-])c1. The number of hydrogen-bond donors (Lipinski definition) is 2. The second-order valence-electron chi connectivity index (χ2n) is 4.53. The molecule has 0 aliphatic heterocycles. The lowest BCUT2D eigenvalue weighted by atomic mass is 10.1. The minimum Gasteiger partial charge on any atom is -0.475 e. The highest BCUT2D eigenvalue weighted by molar-refractivity contribution is 5.84. The quantitative estimate of drug-likeness (QED) is 0.626. The number of non-ortho nitro benzene ring substituents is 1. The highest BCUT2D eigenvalue weighted by atomic mass is 16.6. The van der Waals surface area contributed by atoms with Crippen molar-refractivity contribution in [2.24, 2.45) is 0 Å². The van der Waals surface area contributed by atoms with Crippen molar-refractivity contribution >= 4 is 11.7 Å². The van der Waals surface area contributed by atoms with Gasteiger partial charge in [-0.15, -0.1) is 0 Å². The Morgan fingerprint density at radius 2 is 2.19 bits per heavy atom. The van der Waals surface area contributed by atoms with E-state index in [4.69, 9.17) is 9.52 Å². The fourth-order valence-electron chi connectivity index (χ4n) is 1.87. The molecule has 2 aromatic rings. The molecule has 21 heavy (non-hydrogen) atoms. The molecule has 0 fully saturated rings. The molecule has 2 N–H and O–H groups in total. The van der Waals surface area contributed by atoms with E-state index in [-0.39, 0.29) is 17.5 Å². The van der Waals surface area contributed by atoms with Gasteiger partial charge in [0.1, 0.15) is 5.76 Å². The molecule has 1 aromatic carbocycles. The summed E-state index contributed by atoms with van der Waals surface area (Å²) in [7, 11) is 0. The van der Waals surface area contributed by atoms with Crippen molar-refractivity contribution in [1.82, 2.24) is 5.32 Å². The van der Waals surface area contributed by atoms with E-state index in [2.05, 4.69) is 5.32 Å². The average molecular weight is 290 g/mol. The third kappa shape index (κ3) is 3.67. The molecule has 7 heteroatoms. The monoisotopic (exact) mass is 290 g/mol. The molecule has 2 rings (SSSR count). The molecular weight excluding hydrogens is 276 g/mol. The number of nitrogens with zero attached hydrogens (tertiary/aromatic N) is 1. The van der Waals surface area contributed by atoms with E-state index in [1.165, 1.54) is 18.2 Å². The minimum atomic E-state index is -1.12. The molecule has 0 saturated heterocycles. The third-order valence-corrected chi connectivity index (χ3v) is 3.04. The van der Waals surface area contributed by atoms with Crippen molar-refractivity contribution in [2.45, 2.75) is 19.5 Å². The first-order valence-corrected chi connectivity index (χ1v) is 6.27. The summed E-state index contributed by atoms with van der Waals surface area (Å²) in [6.45, 7) is 2.19. The Bertz CT molecular complexity index is 665. The average Bonchev–Trinajstić information content (AvgIpc) is 2.94. The molecule has 110 valence electrons. The van der Waals surface area contributed by atoms with Crippen molar-refractivity contribution in [3.63, 3.8) is 0 Å². The fraction of sp³-hybridized carbons (Fsp3) is 0.214. The first-order chi connectivity index (χ1) is 9.97. The van der Waals surface area contributed by atoms with E-state index in [1.54, 1.807) is 18.2 Å². The fourth-order valence-corrected chi connectivity index (χ4v) is 1.87. The first-order valence-electron chi connectivity index (χ1n) is 6.27. The van der Waals surface area contributed by atoms with Gasteiger partial charge in [-0.3, -0.25) is 10.1 Å². The van der Waals surface area contributed by atoms with E-state index in [0.29, 0.717) is 12.3 Å². The number of nitrogens with one attached hydrogen (secondary N) is 1. The van der Waals surface area contributed by atoms with Crippen LogP contribution in [0.5, 0.6) is 0 Å². The van der Waals surface area contributed by atoms with Gasteiger partial charge < -0.3 is 14.8 Å². The summed E-state index contributed by atoms with van der Waals surface area (Å²) in [6, 6.07) is 9.18. The van der Waals surface area contributed by atoms with Crippen LogP contribution in [-0.2, 0) is 6.54 Å². The molecule has 0 saturated carbocycles. The maximum atomic E-state index is 10.7. The summed E-state index contributed by atoms with van der Waals surface area (Å²) in [5, 5.41) is 22.6. The van der Waals surface area contributed by atoms with Crippen molar-refractivity contribution in [2.75, 3.05) is 0 Å². The Morgan fingerprint density at radius 3 is 2.81 bits per heavy atom. The zero-order valence-corrected chi connectivity index (χ0v) is 11.3. The number of aromatic carboxylic acids is 1. The summed E-state index contributed by atoms with van der Waals surface area (Å²) < 4.78 is 5.12. The molecular formula is C14H14N2O5. The number of carboxylic acid groups (broad SMARTS) is 1. The predicted molar refractivity (Wildman–Crippen MR) is 74.0 cm³/mol. The number of furan rings is 1. The molecule has 0 amide bonds. The molecule has 0 aliphatic rings. The van der Waals surface area contributed by atoms with Crippen LogP contribution in [0.1, 0.15) is 34.8 Å². The van der Waals surface area contributed by atoms with Crippen LogP contribution in [0.15, 0.2) is 40.8 Å². The Kier molecular flexibility index (Phi) is 4.34. The number of hydrogen-bond acceptors (Lipinski definition) is 5. The largest absolute Gasteiger partial charge is 0.475 e. The summed E-state index contributed by atoms with van der Waals surface area (Å²) in [6.07, 6.45) is 0. The Hall–Kier alpha value is -2.67. The van der Waals surface area contributed by atoms with Gasteiger partial charge >= 0.3 is 5.97 Å². The van der Waals surface area contributed by atoms with Gasteiger partial charge in [0.2, 0.25) is 5.76 Å². The maximum Gasteiger partial charge on any atom is 0.371 e. The van der Waals surface area contributed by atoms with E-state index in [0.717, 1.165) is 5.56 Å². The normalized spacial score (nSPS) is 12.0. The van der Waals surface area contributed by atoms with Crippen LogP contribution in [0.2, 0.25) is 0 Å². The van der Waals surface area contributed by atoms with Crippen LogP contribution in [0.3, 0.4) is 0 Å². The predicted octanol–water partition coefficient (Wildman–Crippen LogP) is 2.74. The maximum absolute atomic E-state index is 10.7. The smallest absolute Gasteiger partial charge is 0.371 e. The van der Waals surface area contributed by atoms with Gasteiger partial charge in [-0.25, -0.2) is 4.79 Å². The summed E-state index contributed by atoms with van der Waals surface area (Å²) in [5.74, 6) is -0.743. The van der Waals surface area contributed by atoms with Crippen molar-refractivity contribution < 1.29 is 19.2 Å². The summed E-state index contributed by atoms with van der Waals surface area (Å²) in [5.41, 5.74) is 0.807. The molecule has 1 unspecified atom stereocenters. The van der Waals surface area contributed by atoms with Gasteiger partial charge in [0.25, 0.3) is 5.69 Å². The van der Waals surface area contributed by atoms with Crippen LogP contribution < -0.4 is 5.32 Å². The van der Waals surface area contributed by atoms with Gasteiger partial charge in [0.15, 0.2) is 0 Å². The van der Waals surface area contributed by atoms with Crippen LogP contribution in [0.25, 0.3) is 0 Å². The van der Waals surface area contributed by atoms with E-state index in [1.807, 2.05) is 6.92 Å². The van der Waals surface area contributed by atoms with Crippen molar-refractivity contribution in [1.29, 1.82) is 0 Å². The lowest BCUT2D eigenvalue weighted by molar-refractivity contribution is -0.384. The topological polar surface area (TPSA) is 106 Å². The van der Waals surface area contributed by atoms with Crippen molar-refractivity contribution in [3.8, 4) is 0 Å². The zero-order chi connectivity index (χ0) is 15.4. The van der Waals surface area contributed by atoms with E-state index in [9.17, 15) is 14.9 Å². The lowest BCUT2D eigenvalue weighted by Gasteiger charge is -2.12. The minimum absolute atomic E-state index is 0.0345. The highest BCUT2D eigenvalue weighted by Gasteiger charge is 2.12. The number of rotatable bonds is 6. The summed E-state index contributed by atoms with van der Waals surface area (Å²) >= 11 is 0. The molecule has 7 nitrogen and oxygen atoms in total. The second kappa shape index (κ2) is 6.19. The summed E-state index contributed by atoms with van der Waals surface area (Å²) in [4.78, 5) is 21.0. The third-order valence-electron chi connectivity index (χ3n) is 3.04. The number of nitro benzene ring substituents is 1.